The predicted octanol–water partition coefficient (Wildman–Crippen LogP) is 0.375. The molecule has 0 aromatic carbocycles. The number of nitrogens with two attached hydrogens (primary N) is 1. The van der Waals surface area contributed by atoms with Crippen LogP contribution >= 0.6 is 0 Å². The predicted molar refractivity (Wildman–Crippen MR) is 57.5 cm³/mol. The zero-order valence-corrected chi connectivity index (χ0v) is 8.97. The second-order valence-corrected chi connectivity index (χ2v) is 3.74. The van der Waals surface area contributed by atoms with E-state index in [4.69, 9.17) is 5.84 Å². The molecule has 0 bridgehead atoms. The summed E-state index contributed by atoms with van der Waals surface area (Å²) in [5, 5.41) is 17.3. The Morgan fingerprint density at radius 1 is 1.67 bits per heavy atom. The second kappa shape index (κ2) is 3.54. The van der Waals surface area contributed by atoms with Gasteiger partial charge in [0.15, 0.2) is 0 Å². The van der Waals surface area contributed by atoms with Crippen LogP contribution in [0.15, 0.2) is 17.0 Å². The van der Waals surface area contributed by atoms with Gasteiger partial charge in [0.25, 0.3) is 0 Å². The average molecular weight is 209 g/mol. The molecular formula is C9H15N5O. The van der Waals surface area contributed by atoms with Crippen LogP contribution in [0.3, 0.4) is 0 Å². The Bertz CT molecular complexity index is 371. The van der Waals surface area contributed by atoms with E-state index in [1.807, 2.05) is 11.8 Å². The summed E-state index contributed by atoms with van der Waals surface area (Å²) >= 11 is 0. The van der Waals surface area contributed by atoms with E-state index in [0.29, 0.717) is 23.9 Å². The second-order valence-electron chi connectivity index (χ2n) is 3.74. The van der Waals surface area contributed by atoms with Gasteiger partial charge in [-0.05, 0) is 6.42 Å². The van der Waals surface area contributed by atoms with Gasteiger partial charge in [-0.25, -0.2) is 11.0 Å². The van der Waals surface area contributed by atoms with Gasteiger partial charge < -0.3 is 5.21 Å². The Balaban J connectivity index is 2.40. The first-order valence-electron chi connectivity index (χ1n) is 5.03. The molecule has 15 heavy (non-hydrogen) atoms. The minimum Gasteiger partial charge on any atom is -0.618 e. The molecule has 6 heteroatoms. The Kier molecular flexibility index (Phi) is 2.36. The van der Waals surface area contributed by atoms with Gasteiger partial charge in [0.2, 0.25) is 17.2 Å². The zero-order chi connectivity index (χ0) is 11.0. The molecule has 0 aromatic rings. The summed E-state index contributed by atoms with van der Waals surface area (Å²) in [7, 11) is 0. The summed E-state index contributed by atoms with van der Waals surface area (Å²) < 4.78 is 0.942. The lowest BCUT2D eigenvalue weighted by Crippen LogP contribution is -2.39. The molecule has 0 aromatic heterocycles. The van der Waals surface area contributed by atoms with Gasteiger partial charge >= 0.3 is 0 Å². The van der Waals surface area contributed by atoms with Crippen LogP contribution in [0.5, 0.6) is 0 Å². The molecule has 2 rings (SSSR count). The topological polar surface area (TPSA) is 70.9 Å². The maximum absolute atomic E-state index is 11.8. The first kappa shape index (κ1) is 9.97. The van der Waals surface area contributed by atoms with Gasteiger partial charge in [-0.15, -0.1) is 5.10 Å². The fourth-order valence-electron chi connectivity index (χ4n) is 1.79. The molecule has 0 unspecified atom stereocenters. The molecule has 0 radical (unpaired) electrons. The highest BCUT2D eigenvalue weighted by molar-refractivity contribution is 6.40. The number of hydrogen-bond acceptors (Lipinski definition) is 5. The molecule has 0 atom stereocenters. The third-order valence-electron chi connectivity index (χ3n) is 2.45. The lowest BCUT2D eigenvalue weighted by Gasteiger charge is -2.21. The average Bonchev–Trinajstić information content (AvgIpc) is 2.53. The molecule has 2 N–H and O–H groups in total. The smallest absolute Gasteiger partial charge is 0.237 e. The van der Waals surface area contributed by atoms with E-state index in [1.54, 1.807) is 13.1 Å². The number of nitrogens with zero attached hydrogens (tertiary/aromatic N) is 4. The summed E-state index contributed by atoms with van der Waals surface area (Å²) in [5.41, 5.74) is 1.37. The van der Waals surface area contributed by atoms with Gasteiger partial charge in [-0.2, -0.15) is 4.74 Å². The summed E-state index contributed by atoms with van der Waals surface area (Å²) in [5.74, 6) is 6.27. The first-order chi connectivity index (χ1) is 7.13. The van der Waals surface area contributed by atoms with Crippen LogP contribution in [0.1, 0.15) is 26.7 Å². The molecule has 2 aliphatic heterocycles. The van der Waals surface area contributed by atoms with Crippen molar-refractivity contribution in [3.8, 4) is 0 Å². The number of fused-ring (bicyclic) bond motifs is 1. The third kappa shape index (κ3) is 1.56. The first-order valence-corrected chi connectivity index (χ1v) is 5.03. The fourth-order valence-corrected chi connectivity index (χ4v) is 1.79. The molecule has 0 aliphatic carbocycles. The van der Waals surface area contributed by atoms with Gasteiger partial charge in [0, 0.05) is 13.3 Å². The van der Waals surface area contributed by atoms with E-state index in [2.05, 4.69) is 5.10 Å². The van der Waals surface area contributed by atoms with E-state index in [-0.39, 0.29) is 0 Å². The quantitative estimate of drug-likeness (QED) is 0.405. The lowest BCUT2D eigenvalue weighted by molar-refractivity contribution is -0.403. The molecule has 0 fully saturated rings. The van der Waals surface area contributed by atoms with Crippen molar-refractivity contribution in [3.63, 3.8) is 0 Å². The molecule has 0 amide bonds. The van der Waals surface area contributed by atoms with E-state index in [9.17, 15) is 5.21 Å². The number of hydroxylamine groups is 1. The van der Waals surface area contributed by atoms with Gasteiger partial charge in [-0.3, -0.25) is 4.90 Å². The maximum atomic E-state index is 11.8. The number of hydrazine groups is 1. The van der Waals surface area contributed by atoms with Crippen molar-refractivity contribution >= 4 is 11.5 Å². The standard InChI is InChI=1S/C9H15N5O/c1-3-4-8-9-11-13(10)6-12(9)5-7(2)14(8)15/h5H,3-4,6,10H2,1-2H3. The Hall–Kier alpha value is -1.56. The van der Waals surface area contributed by atoms with Crippen molar-refractivity contribution in [2.24, 2.45) is 10.9 Å². The molecule has 2 aliphatic rings. The van der Waals surface area contributed by atoms with Crippen molar-refractivity contribution in [2.45, 2.75) is 26.7 Å². The Morgan fingerprint density at radius 3 is 3.07 bits per heavy atom. The summed E-state index contributed by atoms with van der Waals surface area (Å²) in [6.07, 6.45) is 3.41. The van der Waals surface area contributed by atoms with Crippen molar-refractivity contribution in [2.75, 3.05) is 6.67 Å². The highest BCUT2D eigenvalue weighted by Gasteiger charge is 2.33. The summed E-state index contributed by atoms with van der Waals surface area (Å²) in [6.45, 7) is 4.33. The van der Waals surface area contributed by atoms with E-state index in [1.165, 1.54) is 5.12 Å². The number of rotatable bonds is 2. The maximum Gasteiger partial charge on any atom is 0.237 e. The SMILES string of the molecule is CCCC1=[N+]([O-])C(C)=CN2CN(N)N=C12. The minimum absolute atomic E-state index is 0.508. The van der Waals surface area contributed by atoms with Crippen LogP contribution in [-0.2, 0) is 0 Å². The number of amidine groups is 1. The van der Waals surface area contributed by atoms with Crippen LogP contribution in [0, 0.1) is 5.21 Å². The van der Waals surface area contributed by atoms with Crippen LogP contribution in [0.4, 0.5) is 0 Å². The van der Waals surface area contributed by atoms with E-state index < -0.39 is 0 Å². The molecular weight excluding hydrogens is 194 g/mol. The van der Waals surface area contributed by atoms with Crippen molar-refractivity contribution in [1.29, 1.82) is 0 Å². The molecule has 0 saturated heterocycles. The van der Waals surface area contributed by atoms with Gasteiger partial charge in [0.1, 0.15) is 6.67 Å². The molecule has 2 heterocycles. The van der Waals surface area contributed by atoms with Crippen molar-refractivity contribution in [3.05, 3.63) is 17.1 Å². The number of hydrazone groups is 1. The normalized spacial score (nSPS) is 20.5. The molecule has 0 spiro atoms. The van der Waals surface area contributed by atoms with Crippen LogP contribution in [0.2, 0.25) is 0 Å². The molecule has 82 valence electrons. The minimum atomic E-state index is 0.508. The fraction of sp³-hybridized carbons (Fsp3) is 0.556. The van der Waals surface area contributed by atoms with Crippen LogP contribution < -0.4 is 5.84 Å². The number of allylic oxidation sites excluding steroid dienone is 1. The Labute approximate surface area is 88.5 Å². The molecule has 0 saturated carbocycles. The van der Waals surface area contributed by atoms with Crippen LogP contribution in [0.25, 0.3) is 0 Å². The summed E-state index contributed by atoms with van der Waals surface area (Å²) in [6, 6.07) is 0. The molecule has 6 nitrogen and oxygen atoms in total. The van der Waals surface area contributed by atoms with Gasteiger partial charge in [-0.1, -0.05) is 6.92 Å². The van der Waals surface area contributed by atoms with E-state index in [0.717, 1.165) is 17.6 Å². The monoisotopic (exact) mass is 209 g/mol. The Morgan fingerprint density at radius 2 is 2.40 bits per heavy atom. The zero-order valence-electron chi connectivity index (χ0n) is 8.97. The lowest BCUT2D eigenvalue weighted by atomic mass is 10.1. The largest absolute Gasteiger partial charge is 0.618 e. The van der Waals surface area contributed by atoms with Crippen molar-refractivity contribution in [1.82, 2.24) is 10.0 Å². The van der Waals surface area contributed by atoms with Gasteiger partial charge in [0.05, 0.1) is 6.20 Å². The third-order valence-corrected chi connectivity index (χ3v) is 2.45. The number of hydrogen-bond donors (Lipinski definition) is 1. The van der Waals surface area contributed by atoms with Crippen LogP contribution in [-0.4, -0.2) is 33.0 Å². The van der Waals surface area contributed by atoms with Crippen molar-refractivity contribution < 1.29 is 4.74 Å². The highest BCUT2D eigenvalue weighted by atomic mass is 16.5. The van der Waals surface area contributed by atoms with E-state index >= 15 is 0 Å². The summed E-state index contributed by atoms with van der Waals surface area (Å²) in [4.78, 5) is 1.90. The highest BCUT2D eigenvalue weighted by Crippen LogP contribution is 2.16.